The van der Waals surface area contributed by atoms with Crippen LogP contribution < -0.4 is 19.1 Å². The van der Waals surface area contributed by atoms with Crippen molar-refractivity contribution in [2.45, 2.75) is 24.3 Å². The molecule has 1 aliphatic heterocycles. The van der Waals surface area contributed by atoms with Crippen molar-refractivity contribution in [2.24, 2.45) is 0 Å². The molecular formula is C28H33N3O5S. The molecule has 0 saturated carbocycles. The van der Waals surface area contributed by atoms with Crippen molar-refractivity contribution in [3.8, 4) is 11.5 Å². The van der Waals surface area contributed by atoms with Crippen LogP contribution in [0.2, 0.25) is 0 Å². The van der Waals surface area contributed by atoms with Crippen molar-refractivity contribution < 1.29 is 22.7 Å². The highest BCUT2D eigenvalue weighted by molar-refractivity contribution is 7.89. The molecule has 1 aliphatic rings. The van der Waals surface area contributed by atoms with E-state index in [1.165, 1.54) is 12.1 Å². The molecule has 8 nitrogen and oxygen atoms in total. The topological polar surface area (TPSA) is 88.2 Å². The predicted molar refractivity (Wildman–Crippen MR) is 144 cm³/mol. The van der Waals surface area contributed by atoms with Gasteiger partial charge in [-0.2, -0.15) is 4.72 Å². The summed E-state index contributed by atoms with van der Waals surface area (Å²) in [7, 11) is -2.30. The Kier molecular flexibility index (Phi) is 8.68. The first kappa shape index (κ1) is 26.5. The van der Waals surface area contributed by atoms with Crippen LogP contribution in [0.5, 0.6) is 11.5 Å². The number of anilines is 1. The van der Waals surface area contributed by atoms with Gasteiger partial charge in [-0.1, -0.05) is 30.3 Å². The van der Waals surface area contributed by atoms with Crippen LogP contribution in [-0.2, 0) is 21.2 Å². The lowest BCUT2D eigenvalue weighted by Crippen LogP contribution is -2.55. The quantitative estimate of drug-likeness (QED) is 0.439. The fourth-order valence-electron chi connectivity index (χ4n) is 4.36. The number of hydrogen-bond acceptors (Lipinski definition) is 6. The summed E-state index contributed by atoms with van der Waals surface area (Å²) in [4.78, 5) is 17.7. The first-order chi connectivity index (χ1) is 17.9. The van der Waals surface area contributed by atoms with Crippen LogP contribution in [0.25, 0.3) is 0 Å². The molecular weight excluding hydrogens is 490 g/mol. The van der Waals surface area contributed by atoms with Gasteiger partial charge < -0.3 is 19.3 Å². The number of sulfonamides is 1. The monoisotopic (exact) mass is 523 g/mol. The number of benzene rings is 3. The van der Waals surface area contributed by atoms with Crippen LogP contribution in [0.1, 0.15) is 12.5 Å². The second-order valence-electron chi connectivity index (χ2n) is 8.78. The zero-order valence-corrected chi connectivity index (χ0v) is 22.0. The van der Waals surface area contributed by atoms with Crippen LogP contribution in [0.4, 0.5) is 5.69 Å². The summed E-state index contributed by atoms with van der Waals surface area (Å²) in [6.45, 7) is 4.66. The Hall–Kier alpha value is -3.56. The van der Waals surface area contributed by atoms with E-state index >= 15 is 0 Å². The molecule has 1 N–H and O–H groups in total. The van der Waals surface area contributed by atoms with Gasteiger partial charge in [-0.15, -0.1) is 0 Å². The van der Waals surface area contributed by atoms with E-state index in [4.69, 9.17) is 9.47 Å². The highest BCUT2D eigenvalue weighted by Gasteiger charge is 2.31. The zero-order chi connectivity index (χ0) is 26.3. The number of ether oxygens (including phenoxy) is 2. The van der Waals surface area contributed by atoms with Crippen LogP contribution >= 0.6 is 0 Å². The standard InChI is InChI=1S/C28H33N3O5S/c1-3-36-25-13-15-26(16-14-25)37(33,34)29-27(21-22-7-5-4-6-8-22)28(32)31-19-17-30(18-20-31)23-9-11-24(35-2)12-10-23/h4-16,27,29H,3,17-21H2,1-2H3/t27-/m0/s1. The molecule has 3 aromatic carbocycles. The van der Waals surface area contributed by atoms with E-state index < -0.39 is 16.1 Å². The van der Waals surface area contributed by atoms with E-state index in [0.29, 0.717) is 38.5 Å². The van der Waals surface area contributed by atoms with Crippen molar-refractivity contribution in [1.82, 2.24) is 9.62 Å². The van der Waals surface area contributed by atoms with Gasteiger partial charge >= 0.3 is 0 Å². The molecule has 1 fully saturated rings. The Balaban J connectivity index is 1.48. The van der Waals surface area contributed by atoms with E-state index in [2.05, 4.69) is 9.62 Å². The van der Waals surface area contributed by atoms with Gasteiger partial charge in [0.2, 0.25) is 15.9 Å². The lowest BCUT2D eigenvalue weighted by molar-refractivity contribution is -0.133. The third-order valence-electron chi connectivity index (χ3n) is 6.35. The van der Waals surface area contributed by atoms with Gasteiger partial charge in [0.1, 0.15) is 17.5 Å². The summed E-state index contributed by atoms with van der Waals surface area (Å²) < 4.78 is 39.8. The van der Waals surface area contributed by atoms with Gasteiger partial charge in [0.05, 0.1) is 18.6 Å². The smallest absolute Gasteiger partial charge is 0.241 e. The fraction of sp³-hybridized carbons (Fsp3) is 0.321. The van der Waals surface area contributed by atoms with Gasteiger partial charge in [-0.25, -0.2) is 8.42 Å². The van der Waals surface area contributed by atoms with Crippen LogP contribution in [0.15, 0.2) is 83.8 Å². The van der Waals surface area contributed by atoms with Gasteiger partial charge in [0.25, 0.3) is 0 Å². The van der Waals surface area contributed by atoms with Gasteiger partial charge in [-0.05, 0) is 67.4 Å². The molecule has 9 heteroatoms. The molecule has 1 atom stereocenters. The van der Waals surface area contributed by atoms with E-state index in [9.17, 15) is 13.2 Å². The molecule has 0 bridgehead atoms. The summed E-state index contributed by atoms with van der Waals surface area (Å²) in [5.41, 5.74) is 1.94. The molecule has 1 saturated heterocycles. The Bertz CT molecular complexity index is 1260. The van der Waals surface area contributed by atoms with E-state index in [1.54, 1.807) is 24.1 Å². The van der Waals surface area contributed by atoms with Crippen LogP contribution in [-0.4, -0.2) is 65.2 Å². The van der Waals surface area contributed by atoms with Gasteiger partial charge in [0, 0.05) is 31.9 Å². The van der Waals surface area contributed by atoms with Crippen molar-refractivity contribution >= 4 is 21.6 Å². The third-order valence-corrected chi connectivity index (χ3v) is 7.84. The molecule has 0 aliphatic carbocycles. The molecule has 0 unspecified atom stereocenters. The number of carbonyl (C=O) groups excluding carboxylic acids is 1. The number of nitrogens with zero attached hydrogens (tertiary/aromatic N) is 2. The largest absolute Gasteiger partial charge is 0.497 e. The first-order valence-electron chi connectivity index (χ1n) is 12.4. The second kappa shape index (κ2) is 12.1. The average molecular weight is 524 g/mol. The van der Waals surface area contributed by atoms with Crippen molar-refractivity contribution in [1.29, 1.82) is 0 Å². The molecule has 4 rings (SSSR count). The summed E-state index contributed by atoms with van der Waals surface area (Å²) >= 11 is 0. The van der Waals surface area contributed by atoms with Gasteiger partial charge in [0.15, 0.2) is 0 Å². The first-order valence-corrected chi connectivity index (χ1v) is 13.8. The summed E-state index contributed by atoms with van der Waals surface area (Å²) in [5.74, 6) is 1.15. The number of hydrogen-bond donors (Lipinski definition) is 1. The van der Waals surface area contributed by atoms with Crippen molar-refractivity contribution in [2.75, 3.05) is 44.8 Å². The molecule has 1 heterocycles. The normalized spacial score (nSPS) is 14.8. The maximum absolute atomic E-state index is 13.6. The molecule has 0 aromatic heterocycles. The summed E-state index contributed by atoms with van der Waals surface area (Å²) in [5, 5.41) is 0. The van der Waals surface area contributed by atoms with Crippen molar-refractivity contribution in [3.63, 3.8) is 0 Å². The fourth-order valence-corrected chi connectivity index (χ4v) is 5.55. The zero-order valence-electron chi connectivity index (χ0n) is 21.2. The minimum absolute atomic E-state index is 0.0890. The molecule has 0 spiro atoms. The highest BCUT2D eigenvalue weighted by atomic mass is 32.2. The number of rotatable bonds is 10. The number of amides is 1. The van der Waals surface area contributed by atoms with E-state index in [0.717, 1.165) is 17.0 Å². The Morgan fingerprint density at radius 1 is 0.892 bits per heavy atom. The Morgan fingerprint density at radius 2 is 1.51 bits per heavy atom. The number of methoxy groups -OCH3 is 1. The van der Waals surface area contributed by atoms with Crippen LogP contribution in [0, 0.1) is 0 Å². The Labute approximate surface area is 218 Å². The lowest BCUT2D eigenvalue weighted by Gasteiger charge is -2.37. The summed E-state index contributed by atoms with van der Waals surface area (Å²) in [6.07, 6.45) is 0.259. The maximum atomic E-state index is 13.6. The van der Waals surface area contributed by atoms with Crippen molar-refractivity contribution in [3.05, 3.63) is 84.4 Å². The molecule has 1 amide bonds. The summed E-state index contributed by atoms with van der Waals surface area (Å²) in [6, 6.07) is 22.6. The number of carbonyl (C=O) groups is 1. The van der Waals surface area contributed by atoms with E-state index in [1.807, 2.05) is 61.5 Å². The number of piperazine rings is 1. The van der Waals surface area contributed by atoms with Gasteiger partial charge in [-0.3, -0.25) is 4.79 Å². The molecule has 37 heavy (non-hydrogen) atoms. The second-order valence-corrected chi connectivity index (χ2v) is 10.5. The SMILES string of the molecule is CCOc1ccc(S(=O)(=O)N[C@@H](Cc2ccccc2)C(=O)N2CCN(c3ccc(OC)cc3)CC2)cc1. The lowest BCUT2D eigenvalue weighted by atomic mass is 10.1. The molecule has 3 aromatic rings. The third kappa shape index (κ3) is 6.81. The average Bonchev–Trinajstić information content (AvgIpc) is 2.93. The molecule has 196 valence electrons. The highest BCUT2D eigenvalue weighted by Crippen LogP contribution is 2.22. The van der Waals surface area contributed by atoms with E-state index in [-0.39, 0.29) is 17.2 Å². The minimum atomic E-state index is -3.93. The minimum Gasteiger partial charge on any atom is -0.497 e. The number of nitrogens with one attached hydrogen (secondary N) is 1. The maximum Gasteiger partial charge on any atom is 0.241 e. The van der Waals surface area contributed by atoms with Crippen LogP contribution in [0.3, 0.4) is 0 Å². The predicted octanol–water partition coefficient (Wildman–Crippen LogP) is 3.33. The molecule has 0 radical (unpaired) electrons. The Morgan fingerprint density at radius 3 is 2.11 bits per heavy atom.